The molecule has 6 nitrogen and oxygen atoms in total. The first-order valence-corrected chi connectivity index (χ1v) is 9.06. The summed E-state index contributed by atoms with van der Waals surface area (Å²) in [5.41, 5.74) is 1.44. The maximum atomic E-state index is 12.6. The molecule has 1 fully saturated rings. The van der Waals surface area contributed by atoms with E-state index >= 15 is 0 Å². The first-order valence-electron chi connectivity index (χ1n) is 9.06. The largest absolute Gasteiger partial charge is 0.367 e. The molecule has 1 saturated carbocycles. The van der Waals surface area contributed by atoms with E-state index in [0.717, 1.165) is 12.8 Å². The molecule has 0 aliphatic heterocycles. The molecule has 0 bridgehead atoms. The van der Waals surface area contributed by atoms with E-state index in [-0.39, 0.29) is 11.7 Å². The zero-order chi connectivity index (χ0) is 18.5. The van der Waals surface area contributed by atoms with Crippen molar-refractivity contribution in [2.24, 2.45) is 0 Å². The molecule has 1 aromatic carbocycles. The lowest BCUT2D eigenvalue weighted by molar-refractivity contribution is 0.100. The molecule has 26 heavy (non-hydrogen) atoms. The fourth-order valence-corrected chi connectivity index (χ4v) is 3.23. The van der Waals surface area contributed by atoms with Crippen molar-refractivity contribution in [2.45, 2.75) is 52.0 Å². The summed E-state index contributed by atoms with van der Waals surface area (Å²) in [4.78, 5) is 32.7. The predicted molar refractivity (Wildman–Crippen MR) is 102 cm³/mol. The van der Waals surface area contributed by atoms with Gasteiger partial charge in [-0.1, -0.05) is 31.4 Å². The first-order chi connectivity index (χ1) is 12.5. The quantitative estimate of drug-likeness (QED) is 0.795. The maximum absolute atomic E-state index is 12.6. The van der Waals surface area contributed by atoms with Gasteiger partial charge in [0.2, 0.25) is 0 Å². The zero-order valence-electron chi connectivity index (χ0n) is 15.2. The van der Waals surface area contributed by atoms with Crippen LogP contribution >= 0.6 is 0 Å². The molecule has 2 N–H and O–H groups in total. The van der Waals surface area contributed by atoms with Crippen molar-refractivity contribution in [2.75, 3.05) is 10.6 Å². The lowest BCUT2D eigenvalue weighted by Gasteiger charge is -2.23. The average molecular weight is 352 g/mol. The van der Waals surface area contributed by atoms with Crippen LogP contribution in [0.15, 0.2) is 30.3 Å². The summed E-state index contributed by atoms with van der Waals surface area (Å²) in [5, 5.41) is 6.23. The molecule has 1 heterocycles. The van der Waals surface area contributed by atoms with Gasteiger partial charge in [0.1, 0.15) is 17.3 Å². The van der Waals surface area contributed by atoms with Gasteiger partial charge < -0.3 is 10.6 Å². The third-order valence-corrected chi connectivity index (χ3v) is 4.55. The highest BCUT2D eigenvalue weighted by atomic mass is 16.2. The number of aryl methyl sites for hydroxylation is 1. The summed E-state index contributed by atoms with van der Waals surface area (Å²) in [6, 6.07) is 8.97. The normalized spacial score (nSPS) is 14.7. The van der Waals surface area contributed by atoms with E-state index in [0.29, 0.717) is 34.6 Å². The SMILES string of the molecule is CC(=O)c1cccc(NC(=O)c2cc(NC3CCCCC3)nc(C)n2)c1. The number of amides is 1. The highest BCUT2D eigenvalue weighted by Gasteiger charge is 2.16. The third kappa shape index (κ3) is 4.65. The minimum Gasteiger partial charge on any atom is -0.367 e. The second-order valence-corrected chi connectivity index (χ2v) is 6.76. The molecule has 2 aromatic rings. The Morgan fingerprint density at radius 3 is 2.58 bits per heavy atom. The Balaban J connectivity index is 1.74. The topological polar surface area (TPSA) is 84.0 Å². The lowest BCUT2D eigenvalue weighted by Crippen LogP contribution is -2.24. The van der Waals surface area contributed by atoms with Crippen LogP contribution in [-0.4, -0.2) is 27.7 Å². The highest BCUT2D eigenvalue weighted by Crippen LogP contribution is 2.21. The Bertz CT molecular complexity index is 813. The van der Waals surface area contributed by atoms with Crippen LogP contribution in [0, 0.1) is 6.92 Å². The zero-order valence-corrected chi connectivity index (χ0v) is 15.2. The Kier molecular flexibility index (Phi) is 5.61. The molecule has 1 aliphatic rings. The van der Waals surface area contributed by atoms with Crippen molar-refractivity contribution in [1.29, 1.82) is 0 Å². The molecule has 1 aromatic heterocycles. The molecule has 0 saturated heterocycles. The van der Waals surface area contributed by atoms with Crippen LogP contribution in [-0.2, 0) is 0 Å². The van der Waals surface area contributed by atoms with E-state index in [1.165, 1.54) is 26.2 Å². The molecule has 0 atom stereocenters. The van der Waals surface area contributed by atoms with Crippen LogP contribution < -0.4 is 10.6 Å². The number of carbonyl (C=O) groups excluding carboxylic acids is 2. The van der Waals surface area contributed by atoms with Crippen LogP contribution in [0.2, 0.25) is 0 Å². The number of ketones is 1. The van der Waals surface area contributed by atoms with Crippen LogP contribution in [0.25, 0.3) is 0 Å². The summed E-state index contributed by atoms with van der Waals surface area (Å²) in [7, 11) is 0. The minimum atomic E-state index is -0.317. The molecule has 0 spiro atoms. The van der Waals surface area contributed by atoms with Gasteiger partial charge in [-0.15, -0.1) is 0 Å². The second-order valence-electron chi connectivity index (χ2n) is 6.76. The van der Waals surface area contributed by atoms with Gasteiger partial charge in [-0.3, -0.25) is 9.59 Å². The van der Waals surface area contributed by atoms with Gasteiger partial charge >= 0.3 is 0 Å². The monoisotopic (exact) mass is 352 g/mol. The number of hydrogen-bond donors (Lipinski definition) is 2. The number of Topliss-reactive ketones (excluding diaryl/α,β-unsaturated/α-hetero) is 1. The third-order valence-electron chi connectivity index (χ3n) is 4.55. The maximum Gasteiger partial charge on any atom is 0.274 e. The van der Waals surface area contributed by atoms with Gasteiger partial charge in [-0.05, 0) is 38.8 Å². The van der Waals surface area contributed by atoms with Gasteiger partial charge in [-0.25, -0.2) is 9.97 Å². The number of carbonyl (C=O) groups is 2. The minimum absolute atomic E-state index is 0.0436. The fraction of sp³-hybridized carbons (Fsp3) is 0.400. The predicted octanol–water partition coefficient (Wildman–Crippen LogP) is 3.98. The summed E-state index contributed by atoms with van der Waals surface area (Å²) in [6.07, 6.45) is 5.99. The molecule has 1 amide bonds. The Hall–Kier alpha value is -2.76. The number of rotatable bonds is 5. The van der Waals surface area contributed by atoms with Crippen molar-refractivity contribution >= 4 is 23.2 Å². The van der Waals surface area contributed by atoms with Crippen LogP contribution in [0.1, 0.15) is 65.7 Å². The molecule has 0 unspecified atom stereocenters. The van der Waals surface area contributed by atoms with Crippen LogP contribution in [0.3, 0.4) is 0 Å². The number of anilines is 2. The van der Waals surface area contributed by atoms with E-state index in [4.69, 9.17) is 0 Å². The Labute approximate surface area is 153 Å². The van der Waals surface area contributed by atoms with Crippen molar-refractivity contribution in [3.05, 3.63) is 47.4 Å². The van der Waals surface area contributed by atoms with Crippen LogP contribution in [0.4, 0.5) is 11.5 Å². The molecular weight excluding hydrogens is 328 g/mol. The van der Waals surface area contributed by atoms with Gasteiger partial charge in [0, 0.05) is 23.4 Å². The summed E-state index contributed by atoms with van der Waals surface area (Å²) in [5.74, 6) is 0.876. The van der Waals surface area contributed by atoms with E-state index in [1.807, 2.05) is 0 Å². The molecular formula is C20H24N4O2. The number of nitrogens with zero attached hydrogens (tertiary/aromatic N) is 2. The summed E-state index contributed by atoms with van der Waals surface area (Å²) in [6.45, 7) is 3.27. The van der Waals surface area contributed by atoms with Gasteiger partial charge in [-0.2, -0.15) is 0 Å². The highest BCUT2D eigenvalue weighted by molar-refractivity contribution is 6.04. The smallest absolute Gasteiger partial charge is 0.274 e. The van der Waals surface area contributed by atoms with Gasteiger partial charge in [0.05, 0.1) is 0 Å². The Morgan fingerprint density at radius 1 is 1.08 bits per heavy atom. The van der Waals surface area contributed by atoms with E-state index in [2.05, 4.69) is 20.6 Å². The average Bonchev–Trinajstić information content (AvgIpc) is 2.62. The number of nitrogens with one attached hydrogen (secondary N) is 2. The number of hydrogen-bond acceptors (Lipinski definition) is 5. The van der Waals surface area contributed by atoms with Gasteiger partial charge in [0.25, 0.3) is 5.91 Å². The summed E-state index contributed by atoms with van der Waals surface area (Å²) >= 11 is 0. The Morgan fingerprint density at radius 2 is 1.85 bits per heavy atom. The van der Waals surface area contributed by atoms with Crippen molar-refractivity contribution in [1.82, 2.24) is 9.97 Å². The van der Waals surface area contributed by atoms with Crippen molar-refractivity contribution < 1.29 is 9.59 Å². The second kappa shape index (κ2) is 8.08. The number of aromatic nitrogens is 2. The van der Waals surface area contributed by atoms with Crippen molar-refractivity contribution in [3.63, 3.8) is 0 Å². The van der Waals surface area contributed by atoms with Gasteiger partial charge in [0.15, 0.2) is 5.78 Å². The molecule has 3 rings (SSSR count). The standard InChI is InChI=1S/C20H24N4O2/c1-13(25)15-7-6-10-17(11-15)24-20(26)18-12-19(22-14(2)21-18)23-16-8-4-3-5-9-16/h6-7,10-12,16H,3-5,8-9H2,1-2H3,(H,24,26)(H,21,22,23). The molecule has 1 aliphatic carbocycles. The number of benzene rings is 1. The van der Waals surface area contributed by atoms with Crippen molar-refractivity contribution in [3.8, 4) is 0 Å². The van der Waals surface area contributed by atoms with E-state index in [9.17, 15) is 9.59 Å². The molecule has 0 radical (unpaired) electrons. The van der Waals surface area contributed by atoms with E-state index < -0.39 is 0 Å². The van der Waals surface area contributed by atoms with Crippen LogP contribution in [0.5, 0.6) is 0 Å². The fourth-order valence-electron chi connectivity index (χ4n) is 3.23. The van der Waals surface area contributed by atoms with E-state index in [1.54, 1.807) is 37.3 Å². The molecule has 136 valence electrons. The lowest BCUT2D eigenvalue weighted by atomic mass is 9.95. The first kappa shape index (κ1) is 18.0. The molecule has 6 heteroatoms. The summed E-state index contributed by atoms with van der Waals surface area (Å²) < 4.78 is 0.